The second-order valence-electron chi connectivity index (χ2n) is 9.27. The molecule has 11 heteroatoms. The second kappa shape index (κ2) is 8.95. The number of aromatic nitrogens is 3. The quantitative estimate of drug-likeness (QED) is 0.470. The largest absolute Gasteiger partial charge is 0.419 e. The molecule has 2 aromatic heterocycles. The lowest BCUT2D eigenvalue weighted by atomic mass is 9.94. The Hall–Kier alpha value is -3.05. The van der Waals surface area contributed by atoms with Gasteiger partial charge in [-0.15, -0.1) is 10.2 Å². The predicted octanol–water partition coefficient (Wildman–Crippen LogP) is 3.15. The third-order valence-corrected chi connectivity index (χ3v) is 7.28. The average Bonchev–Trinajstić information content (AvgIpc) is 3.25. The van der Waals surface area contributed by atoms with Crippen LogP contribution in [0.5, 0.6) is 0 Å². The summed E-state index contributed by atoms with van der Waals surface area (Å²) in [6.07, 6.45) is 2.51. The molecule has 9 nitrogen and oxygen atoms in total. The highest BCUT2D eigenvalue weighted by Gasteiger charge is 2.33. The number of hydrogen-bond donors (Lipinski definition) is 2. The van der Waals surface area contributed by atoms with E-state index < -0.39 is 21.4 Å². The fourth-order valence-electron chi connectivity index (χ4n) is 3.71. The number of nitrogens with two attached hydrogens (primary N) is 1. The maximum absolute atomic E-state index is 15.5. The van der Waals surface area contributed by atoms with E-state index in [0.717, 1.165) is 22.5 Å². The van der Waals surface area contributed by atoms with E-state index in [0.29, 0.717) is 30.6 Å². The van der Waals surface area contributed by atoms with E-state index in [2.05, 4.69) is 27.4 Å². The van der Waals surface area contributed by atoms with Gasteiger partial charge in [-0.1, -0.05) is 37.3 Å². The lowest BCUT2D eigenvalue weighted by molar-refractivity contribution is 0.355. The first-order chi connectivity index (χ1) is 16.0. The summed E-state index contributed by atoms with van der Waals surface area (Å²) in [5.74, 6) is 0.225. The number of benzene rings is 1. The number of sulfonamides is 1. The van der Waals surface area contributed by atoms with Crippen molar-refractivity contribution in [1.82, 2.24) is 15.2 Å². The number of nitrogens with zero attached hydrogens (tertiary/aromatic N) is 4. The predicted molar refractivity (Wildman–Crippen MR) is 128 cm³/mol. The number of rotatable bonds is 9. The SMILES string of the molecule is CC1CC1CNc1cc(-c2nnc([C@](C)(N)Cc3ccccc3)o2)c(F)c(N(C)S(C)(=O)=O)n1. The first kappa shape index (κ1) is 24.1. The van der Waals surface area contributed by atoms with E-state index >= 15 is 4.39 Å². The van der Waals surface area contributed by atoms with Gasteiger partial charge in [-0.05, 0) is 43.2 Å². The summed E-state index contributed by atoms with van der Waals surface area (Å²) in [5, 5.41) is 11.3. The molecular weight excluding hydrogens is 459 g/mol. The Morgan fingerprint density at radius 2 is 1.97 bits per heavy atom. The van der Waals surface area contributed by atoms with Crippen molar-refractivity contribution in [2.45, 2.75) is 32.2 Å². The Labute approximate surface area is 198 Å². The van der Waals surface area contributed by atoms with Gasteiger partial charge in [0.05, 0.1) is 17.4 Å². The fraction of sp³-hybridized carbons (Fsp3) is 0.435. The Morgan fingerprint density at radius 3 is 2.59 bits per heavy atom. The summed E-state index contributed by atoms with van der Waals surface area (Å²) in [6.45, 7) is 4.55. The van der Waals surface area contributed by atoms with Crippen molar-refractivity contribution >= 4 is 21.7 Å². The second-order valence-corrected chi connectivity index (χ2v) is 11.3. The van der Waals surface area contributed by atoms with E-state index in [4.69, 9.17) is 10.2 Å². The van der Waals surface area contributed by atoms with Gasteiger partial charge >= 0.3 is 0 Å². The minimum Gasteiger partial charge on any atom is -0.419 e. The number of halogens is 1. The molecule has 3 atom stereocenters. The summed E-state index contributed by atoms with van der Waals surface area (Å²) < 4.78 is 46.3. The molecule has 0 saturated heterocycles. The van der Waals surface area contributed by atoms with Gasteiger partial charge in [-0.2, -0.15) is 0 Å². The molecule has 0 aliphatic heterocycles. The van der Waals surface area contributed by atoms with Crippen LogP contribution in [-0.4, -0.2) is 43.4 Å². The van der Waals surface area contributed by atoms with E-state index in [9.17, 15) is 8.42 Å². The number of anilines is 2. The molecule has 1 fully saturated rings. The molecule has 1 aliphatic carbocycles. The van der Waals surface area contributed by atoms with Crippen molar-refractivity contribution in [3.8, 4) is 11.5 Å². The van der Waals surface area contributed by atoms with Crippen molar-refractivity contribution in [2.24, 2.45) is 17.6 Å². The topological polar surface area (TPSA) is 127 Å². The Kier molecular flexibility index (Phi) is 6.34. The van der Waals surface area contributed by atoms with Gasteiger partial charge in [0, 0.05) is 13.6 Å². The van der Waals surface area contributed by atoms with Crippen LogP contribution in [0.3, 0.4) is 0 Å². The molecule has 1 aliphatic rings. The van der Waals surface area contributed by atoms with Gasteiger partial charge in [-0.3, -0.25) is 4.31 Å². The zero-order chi connectivity index (χ0) is 24.7. The minimum absolute atomic E-state index is 0.0545. The van der Waals surface area contributed by atoms with E-state index in [-0.39, 0.29) is 23.2 Å². The Morgan fingerprint density at radius 1 is 1.29 bits per heavy atom. The van der Waals surface area contributed by atoms with Crippen molar-refractivity contribution in [2.75, 3.05) is 29.5 Å². The minimum atomic E-state index is -3.76. The molecule has 34 heavy (non-hydrogen) atoms. The molecule has 0 radical (unpaired) electrons. The molecule has 3 N–H and O–H groups in total. The van der Waals surface area contributed by atoms with Crippen LogP contribution < -0.4 is 15.4 Å². The van der Waals surface area contributed by atoms with Crippen LogP contribution in [0.15, 0.2) is 40.8 Å². The number of pyridine rings is 1. The van der Waals surface area contributed by atoms with Gasteiger partial charge in [0.25, 0.3) is 5.89 Å². The smallest absolute Gasteiger partial charge is 0.251 e. The van der Waals surface area contributed by atoms with Crippen LogP contribution >= 0.6 is 0 Å². The maximum atomic E-state index is 15.5. The molecule has 2 heterocycles. The first-order valence-electron chi connectivity index (χ1n) is 11.0. The van der Waals surface area contributed by atoms with Gasteiger partial charge in [0.1, 0.15) is 5.82 Å². The summed E-state index contributed by atoms with van der Waals surface area (Å²) >= 11 is 0. The van der Waals surface area contributed by atoms with Crippen LogP contribution in [0.2, 0.25) is 0 Å². The summed E-state index contributed by atoms with van der Waals surface area (Å²) in [4.78, 5) is 4.21. The summed E-state index contributed by atoms with van der Waals surface area (Å²) in [6, 6.07) is 11.1. The summed E-state index contributed by atoms with van der Waals surface area (Å²) in [5.41, 5.74) is 6.40. The van der Waals surface area contributed by atoms with Gasteiger partial charge in [0.15, 0.2) is 11.6 Å². The number of hydrogen-bond acceptors (Lipinski definition) is 8. The lowest BCUT2D eigenvalue weighted by Gasteiger charge is -2.20. The Balaban J connectivity index is 1.69. The monoisotopic (exact) mass is 488 g/mol. The van der Waals surface area contributed by atoms with E-state index in [1.54, 1.807) is 6.92 Å². The standard InChI is InChI=1S/C23H29FN6O3S/c1-14-10-16(14)13-26-18-11-17(19(24)20(27-18)30(3)34(4,31)32)21-28-29-22(33-21)23(2,25)12-15-8-6-5-7-9-15/h5-9,11,14,16H,10,12-13,25H2,1-4H3,(H,26,27)/t14?,16?,23-/m1/s1. The highest BCUT2D eigenvalue weighted by atomic mass is 32.2. The van der Waals surface area contributed by atoms with Crippen LogP contribution in [0.4, 0.5) is 16.0 Å². The maximum Gasteiger partial charge on any atom is 0.251 e. The zero-order valence-electron chi connectivity index (χ0n) is 19.6. The fourth-order valence-corrected chi connectivity index (χ4v) is 4.14. The first-order valence-corrected chi connectivity index (χ1v) is 12.9. The van der Waals surface area contributed by atoms with Crippen LogP contribution in [-0.2, 0) is 22.0 Å². The molecule has 1 saturated carbocycles. The van der Waals surface area contributed by atoms with Crippen LogP contribution in [0.25, 0.3) is 11.5 Å². The van der Waals surface area contributed by atoms with E-state index in [1.807, 2.05) is 30.3 Å². The van der Waals surface area contributed by atoms with Crippen LogP contribution in [0, 0.1) is 17.7 Å². The van der Waals surface area contributed by atoms with Crippen molar-refractivity contribution in [3.05, 3.63) is 53.7 Å². The molecule has 0 amide bonds. The highest BCUT2D eigenvalue weighted by Crippen LogP contribution is 2.38. The molecule has 0 bridgehead atoms. The van der Waals surface area contributed by atoms with Crippen LogP contribution in [0.1, 0.15) is 31.7 Å². The zero-order valence-corrected chi connectivity index (χ0v) is 20.4. The third kappa shape index (κ3) is 5.20. The van der Waals surface area contributed by atoms with Gasteiger partial charge < -0.3 is 15.5 Å². The number of nitrogens with one attached hydrogen (secondary N) is 1. The molecular formula is C23H29FN6O3S. The van der Waals surface area contributed by atoms with Crippen molar-refractivity contribution in [1.29, 1.82) is 0 Å². The molecule has 3 aromatic rings. The molecule has 4 rings (SSSR count). The summed E-state index contributed by atoms with van der Waals surface area (Å²) in [7, 11) is -2.51. The Bertz CT molecular complexity index is 1280. The molecule has 1 aromatic carbocycles. The van der Waals surface area contributed by atoms with Gasteiger partial charge in [-0.25, -0.2) is 17.8 Å². The van der Waals surface area contributed by atoms with Gasteiger partial charge in [0.2, 0.25) is 15.9 Å². The normalized spacial score (nSPS) is 19.5. The molecule has 182 valence electrons. The third-order valence-electron chi connectivity index (χ3n) is 6.12. The molecule has 0 spiro atoms. The lowest BCUT2D eigenvalue weighted by Crippen LogP contribution is -2.35. The molecule has 2 unspecified atom stereocenters. The van der Waals surface area contributed by atoms with Crippen molar-refractivity contribution < 1.29 is 17.2 Å². The highest BCUT2D eigenvalue weighted by molar-refractivity contribution is 7.92. The van der Waals surface area contributed by atoms with E-state index in [1.165, 1.54) is 13.1 Å². The average molecular weight is 489 g/mol. The van der Waals surface area contributed by atoms with Crippen molar-refractivity contribution in [3.63, 3.8) is 0 Å².